The average molecular weight is 513 g/mol. The molecule has 0 aromatic heterocycles. The number of carbonyl (C=O) groups is 1. The molecule has 1 aliphatic heterocycles. The number of piperazine rings is 1. The van der Waals surface area contributed by atoms with E-state index in [-0.39, 0.29) is 12.1 Å². The van der Waals surface area contributed by atoms with Crippen LogP contribution in [-0.2, 0) is 16.0 Å². The van der Waals surface area contributed by atoms with E-state index in [1.165, 1.54) is 16.7 Å². The molecule has 1 fully saturated rings. The van der Waals surface area contributed by atoms with E-state index in [0.29, 0.717) is 6.42 Å². The first-order valence-electron chi connectivity index (χ1n) is 13.8. The van der Waals surface area contributed by atoms with Gasteiger partial charge in [-0.25, -0.2) is 0 Å². The normalized spacial score (nSPS) is 15.9. The Balaban J connectivity index is 0.000000665. The minimum Gasteiger partial charge on any atom is -0.496 e. The molecular weight excluding hydrogens is 460 g/mol. The first-order valence-corrected chi connectivity index (χ1v) is 13.8. The molecule has 0 bridgehead atoms. The van der Waals surface area contributed by atoms with Crippen LogP contribution in [0.4, 0.5) is 0 Å². The van der Waals surface area contributed by atoms with Crippen molar-refractivity contribution in [2.24, 2.45) is 9.98 Å². The van der Waals surface area contributed by atoms with Crippen LogP contribution in [0.25, 0.3) is 0 Å². The van der Waals surface area contributed by atoms with Gasteiger partial charge in [-0.2, -0.15) is 0 Å². The Morgan fingerprint density at radius 1 is 1.11 bits per heavy atom. The summed E-state index contributed by atoms with van der Waals surface area (Å²) in [5.41, 5.74) is 5.02. The van der Waals surface area contributed by atoms with Gasteiger partial charge >= 0.3 is 0 Å². The molecular formula is C31H52N4O2. The number of hydrogen-bond acceptors (Lipinski definition) is 5. The number of allylic oxidation sites excluding steroid dienone is 4. The number of nitrogens with zero attached hydrogens (tertiary/aromatic N) is 4. The monoisotopic (exact) mass is 512 g/mol. The van der Waals surface area contributed by atoms with E-state index in [2.05, 4.69) is 72.9 Å². The van der Waals surface area contributed by atoms with Crippen LogP contribution in [0.15, 0.2) is 57.7 Å². The Labute approximate surface area is 227 Å². The number of amides is 1. The standard InChI is InChI=1S/C15H21N.C14H25N3O2.C2H6/c1-5-12(3)10-15(16-4)14-9-7-8-13(6-2)11-14;1-5-13(19-4)11-15-12(3)16-7-9-17(10-8-16)14(18)6-2;1-2/h7-11H,5-6H2,1-4H3;5,11-12H,6-10H2,1-4H3;1-2H3/b12-10+,16-15?;13-5+,15-11-;. The minimum atomic E-state index is 0.115. The van der Waals surface area contributed by atoms with Gasteiger partial charge in [0.15, 0.2) is 0 Å². The highest BCUT2D eigenvalue weighted by Crippen LogP contribution is 2.11. The molecule has 1 saturated heterocycles. The van der Waals surface area contributed by atoms with Crippen molar-refractivity contribution in [3.05, 3.63) is 58.9 Å². The fourth-order valence-electron chi connectivity index (χ4n) is 3.65. The molecule has 1 unspecified atom stereocenters. The second-order valence-corrected chi connectivity index (χ2v) is 8.58. The van der Waals surface area contributed by atoms with Crippen molar-refractivity contribution in [2.75, 3.05) is 40.3 Å². The van der Waals surface area contributed by atoms with Gasteiger partial charge in [0.2, 0.25) is 5.91 Å². The number of aliphatic imine (C=N–C) groups is 2. The molecule has 37 heavy (non-hydrogen) atoms. The van der Waals surface area contributed by atoms with Crippen LogP contribution >= 0.6 is 0 Å². The van der Waals surface area contributed by atoms with Gasteiger partial charge in [0.1, 0.15) is 5.76 Å². The Bertz CT molecular complexity index is 894. The summed E-state index contributed by atoms with van der Waals surface area (Å²) in [6.07, 6.45) is 8.67. The molecule has 6 nitrogen and oxygen atoms in total. The SMILES string of the molecule is C/C=C(\C=N/C(C)N1CCN(C(=O)CC)CC1)OC.CC.CC/C(C)=C/C(=NC)c1cccc(CC)c1. The Morgan fingerprint density at radius 2 is 1.76 bits per heavy atom. The number of methoxy groups -OCH3 is 1. The minimum absolute atomic E-state index is 0.115. The maximum atomic E-state index is 11.6. The van der Waals surface area contributed by atoms with Crippen molar-refractivity contribution in [3.8, 4) is 0 Å². The summed E-state index contributed by atoms with van der Waals surface area (Å²) in [4.78, 5) is 24.6. The summed E-state index contributed by atoms with van der Waals surface area (Å²) in [5.74, 6) is 1.01. The van der Waals surface area contributed by atoms with Crippen LogP contribution in [0.1, 0.15) is 79.4 Å². The highest BCUT2D eigenvalue weighted by Gasteiger charge is 2.22. The van der Waals surface area contributed by atoms with Crippen LogP contribution < -0.4 is 0 Å². The zero-order valence-electron chi connectivity index (χ0n) is 25.2. The summed E-state index contributed by atoms with van der Waals surface area (Å²) >= 11 is 0. The molecule has 2 rings (SSSR count). The predicted molar refractivity (Wildman–Crippen MR) is 161 cm³/mol. The lowest BCUT2D eigenvalue weighted by atomic mass is 10.0. The second kappa shape index (κ2) is 20.3. The quantitative estimate of drug-likeness (QED) is 0.278. The largest absolute Gasteiger partial charge is 0.496 e. The van der Waals surface area contributed by atoms with Gasteiger partial charge in [-0.15, -0.1) is 0 Å². The van der Waals surface area contributed by atoms with Crippen molar-refractivity contribution in [3.63, 3.8) is 0 Å². The maximum absolute atomic E-state index is 11.6. The molecule has 208 valence electrons. The molecule has 1 amide bonds. The van der Waals surface area contributed by atoms with Crippen LogP contribution in [0.2, 0.25) is 0 Å². The van der Waals surface area contributed by atoms with E-state index >= 15 is 0 Å². The molecule has 1 aromatic carbocycles. The van der Waals surface area contributed by atoms with Crippen LogP contribution in [0.5, 0.6) is 0 Å². The van der Waals surface area contributed by atoms with Crippen LogP contribution in [-0.4, -0.2) is 74.1 Å². The van der Waals surface area contributed by atoms with Crippen LogP contribution in [0, 0.1) is 0 Å². The van der Waals surface area contributed by atoms with E-state index in [1.54, 1.807) is 13.3 Å². The average Bonchev–Trinajstić information content (AvgIpc) is 2.97. The van der Waals surface area contributed by atoms with Crippen molar-refractivity contribution < 1.29 is 9.53 Å². The number of ether oxygens (including phenoxy) is 1. The highest BCUT2D eigenvalue weighted by atomic mass is 16.5. The third kappa shape index (κ3) is 12.9. The Hall–Kier alpha value is -2.73. The molecule has 1 atom stereocenters. The van der Waals surface area contributed by atoms with Crippen molar-refractivity contribution in [2.45, 2.75) is 80.8 Å². The number of aryl methyl sites for hydroxylation is 1. The van der Waals surface area contributed by atoms with Gasteiger partial charge < -0.3 is 9.64 Å². The van der Waals surface area contributed by atoms with Crippen molar-refractivity contribution in [1.82, 2.24) is 9.80 Å². The predicted octanol–water partition coefficient (Wildman–Crippen LogP) is 6.56. The topological polar surface area (TPSA) is 57.5 Å². The van der Waals surface area contributed by atoms with E-state index in [1.807, 2.05) is 45.7 Å². The first-order chi connectivity index (χ1) is 17.8. The number of hydrogen-bond donors (Lipinski definition) is 0. The fourth-order valence-corrected chi connectivity index (χ4v) is 3.65. The van der Waals surface area contributed by atoms with Crippen molar-refractivity contribution in [1.29, 1.82) is 0 Å². The highest BCUT2D eigenvalue weighted by molar-refractivity contribution is 6.09. The molecule has 0 aliphatic carbocycles. The Morgan fingerprint density at radius 3 is 2.24 bits per heavy atom. The number of carbonyl (C=O) groups excluding carboxylic acids is 1. The second-order valence-electron chi connectivity index (χ2n) is 8.58. The van der Waals surface area contributed by atoms with E-state index < -0.39 is 0 Å². The first kappa shape index (κ1) is 34.3. The van der Waals surface area contributed by atoms with Gasteiger partial charge in [-0.1, -0.05) is 58.4 Å². The molecule has 0 saturated carbocycles. The van der Waals surface area contributed by atoms with Gasteiger partial charge in [0.25, 0.3) is 0 Å². The van der Waals surface area contributed by atoms with Crippen LogP contribution in [0.3, 0.4) is 0 Å². The van der Waals surface area contributed by atoms with Gasteiger partial charge in [0, 0.05) is 39.6 Å². The molecule has 1 aromatic rings. The van der Waals surface area contributed by atoms with Gasteiger partial charge in [-0.05, 0) is 63.0 Å². The summed E-state index contributed by atoms with van der Waals surface area (Å²) in [5, 5.41) is 0. The fraction of sp³-hybridized carbons (Fsp3) is 0.581. The number of rotatable bonds is 9. The lowest BCUT2D eigenvalue weighted by Gasteiger charge is -2.36. The smallest absolute Gasteiger partial charge is 0.222 e. The lowest BCUT2D eigenvalue weighted by molar-refractivity contribution is -0.132. The van der Waals surface area contributed by atoms with E-state index in [4.69, 9.17) is 4.74 Å². The van der Waals surface area contributed by atoms with E-state index in [0.717, 1.165) is 50.5 Å². The zero-order chi connectivity index (χ0) is 28.2. The molecule has 1 aliphatic rings. The molecule has 6 heteroatoms. The summed E-state index contributed by atoms with van der Waals surface area (Å²) in [6.45, 7) is 19.7. The molecule has 1 heterocycles. The summed E-state index contributed by atoms with van der Waals surface area (Å²) < 4.78 is 5.14. The van der Waals surface area contributed by atoms with Gasteiger partial charge in [-0.3, -0.25) is 19.7 Å². The van der Waals surface area contributed by atoms with Gasteiger partial charge in [0.05, 0.1) is 25.2 Å². The maximum Gasteiger partial charge on any atom is 0.222 e. The lowest BCUT2D eigenvalue weighted by Crippen LogP contribution is -2.50. The summed E-state index contributed by atoms with van der Waals surface area (Å²) in [6, 6.07) is 8.62. The van der Waals surface area contributed by atoms with Crippen molar-refractivity contribution >= 4 is 17.8 Å². The summed E-state index contributed by atoms with van der Waals surface area (Å²) in [7, 11) is 3.49. The molecule has 0 N–H and O–H groups in total. The third-order valence-corrected chi connectivity index (χ3v) is 6.25. The molecule has 0 spiro atoms. The third-order valence-electron chi connectivity index (χ3n) is 6.25. The zero-order valence-corrected chi connectivity index (χ0v) is 25.2. The van der Waals surface area contributed by atoms with E-state index in [9.17, 15) is 4.79 Å². The Kier molecular flexibility index (Phi) is 18.8. The number of benzene rings is 1. The molecule has 0 radical (unpaired) electrons.